The highest BCUT2D eigenvalue weighted by atomic mass is 35.5. The topological polar surface area (TPSA) is 36.4 Å². The van der Waals surface area contributed by atoms with Crippen molar-refractivity contribution in [2.45, 2.75) is 20.3 Å². The van der Waals surface area contributed by atoms with E-state index in [0.29, 0.717) is 6.54 Å². The minimum absolute atomic E-state index is 0. The number of aryl methyl sites for hydroxylation is 2. The van der Waals surface area contributed by atoms with Gasteiger partial charge in [-0.3, -0.25) is 9.69 Å². The predicted octanol–water partition coefficient (Wildman–Crippen LogP) is 4.80. The van der Waals surface area contributed by atoms with Gasteiger partial charge in [-0.25, -0.2) is 4.98 Å². The van der Waals surface area contributed by atoms with Crippen LogP contribution in [0.1, 0.15) is 28.4 Å². The third-order valence-corrected chi connectivity index (χ3v) is 5.51. The van der Waals surface area contributed by atoms with Crippen LogP contribution in [0.15, 0.2) is 42.5 Å². The Morgan fingerprint density at radius 1 is 1.11 bits per heavy atom. The van der Waals surface area contributed by atoms with Gasteiger partial charge in [-0.15, -0.1) is 12.4 Å². The first-order valence-corrected chi connectivity index (χ1v) is 9.73. The van der Waals surface area contributed by atoms with Gasteiger partial charge in [0, 0.05) is 18.7 Å². The summed E-state index contributed by atoms with van der Waals surface area (Å²) < 4.78 is 1.13. The Kier molecular flexibility index (Phi) is 7.36. The molecular formula is C21H26ClN3OS. The molecular weight excluding hydrogens is 378 g/mol. The highest BCUT2D eigenvalue weighted by molar-refractivity contribution is 7.22. The number of rotatable bonds is 6. The lowest BCUT2D eigenvalue weighted by atomic mass is 10.1. The molecule has 6 heteroatoms. The number of thiazole rings is 1. The summed E-state index contributed by atoms with van der Waals surface area (Å²) in [6, 6.07) is 14.1. The lowest BCUT2D eigenvalue weighted by Crippen LogP contribution is -2.37. The molecule has 1 aromatic heterocycles. The zero-order valence-electron chi connectivity index (χ0n) is 16.2. The minimum atomic E-state index is 0. The van der Waals surface area contributed by atoms with Gasteiger partial charge in [0.1, 0.15) is 0 Å². The first-order chi connectivity index (χ1) is 12.5. The average molecular weight is 404 g/mol. The smallest absolute Gasteiger partial charge is 0.260 e. The third kappa shape index (κ3) is 4.86. The molecule has 144 valence electrons. The molecule has 1 heterocycles. The maximum atomic E-state index is 13.3. The van der Waals surface area contributed by atoms with Gasteiger partial charge >= 0.3 is 0 Å². The molecule has 0 unspecified atom stereocenters. The summed E-state index contributed by atoms with van der Waals surface area (Å²) in [6.45, 7) is 5.52. The number of carbonyl (C=O) groups is 1. The van der Waals surface area contributed by atoms with E-state index in [-0.39, 0.29) is 18.3 Å². The highest BCUT2D eigenvalue weighted by Crippen LogP contribution is 2.31. The molecule has 0 fully saturated rings. The van der Waals surface area contributed by atoms with Crippen LogP contribution in [0, 0.1) is 6.92 Å². The number of fused-ring (bicyclic) bond motifs is 1. The number of benzene rings is 2. The Morgan fingerprint density at radius 3 is 2.52 bits per heavy atom. The summed E-state index contributed by atoms with van der Waals surface area (Å²) >= 11 is 1.59. The molecule has 0 aliphatic rings. The van der Waals surface area contributed by atoms with E-state index < -0.39 is 0 Å². The SMILES string of the molecule is CCc1ccc2nc(N(CCN(C)C)C(=O)c3ccccc3C)sc2c1.Cl. The van der Waals surface area contributed by atoms with Crippen molar-refractivity contribution in [1.82, 2.24) is 9.88 Å². The van der Waals surface area contributed by atoms with Gasteiger partial charge in [-0.2, -0.15) is 0 Å². The molecule has 0 saturated heterocycles. The number of amides is 1. The molecule has 0 saturated carbocycles. The summed E-state index contributed by atoms with van der Waals surface area (Å²) in [5.41, 5.74) is 3.97. The van der Waals surface area contributed by atoms with E-state index in [9.17, 15) is 4.79 Å². The zero-order valence-corrected chi connectivity index (χ0v) is 17.9. The van der Waals surface area contributed by atoms with Crippen molar-refractivity contribution >= 4 is 45.0 Å². The molecule has 4 nitrogen and oxygen atoms in total. The third-order valence-electron chi connectivity index (χ3n) is 4.47. The molecule has 0 bridgehead atoms. The van der Waals surface area contributed by atoms with E-state index in [1.54, 1.807) is 11.3 Å². The molecule has 3 aromatic rings. The van der Waals surface area contributed by atoms with E-state index in [1.165, 1.54) is 5.56 Å². The fourth-order valence-electron chi connectivity index (χ4n) is 2.83. The lowest BCUT2D eigenvalue weighted by Gasteiger charge is -2.22. The van der Waals surface area contributed by atoms with E-state index in [4.69, 9.17) is 4.98 Å². The molecule has 0 N–H and O–H groups in total. The van der Waals surface area contributed by atoms with E-state index in [1.807, 2.05) is 50.2 Å². The maximum Gasteiger partial charge on any atom is 0.260 e. The van der Waals surface area contributed by atoms with E-state index in [2.05, 4.69) is 30.0 Å². The Balaban J connectivity index is 0.00000261. The normalized spacial score (nSPS) is 10.9. The van der Waals surface area contributed by atoms with Gasteiger partial charge in [0.25, 0.3) is 5.91 Å². The number of carbonyl (C=O) groups excluding carboxylic acids is 1. The van der Waals surface area contributed by atoms with Gasteiger partial charge in [0.15, 0.2) is 5.13 Å². The first-order valence-electron chi connectivity index (χ1n) is 8.91. The molecule has 0 radical (unpaired) electrons. The van der Waals surface area contributed by atoms with Crippen LogP contribution >= 0.6 is 23.7 Å². The van der Waals surface area contributed by atoms with E-state index in [0.717, 1.165) is 39.4 Å². The standard InChI is InChI=1S/C21H25N3OS.ClH/c1-5-16-10-11-18-19(14-16)26-21(22-18)24(13-12-23(3)4)20(25)17-9-7-6-8-15(17)2;/h6-11,14H,5,12-13H2,1-4H3;1H. The maximum absolute atomic E-state index is 13.3. The van der Waals surface area contributed by atoms with Crippen molar-refractivity contribution in [1.29, 1.82) is 0 Å². The second-order valence-electron chi connectivity index (χ2n) is 6.73. The first kappa shape index (κ1) is 21.4. The summed E-state index contributed by atoms with van der Waals surface area (Å²) in [6.07, 6.45) is 0.996. The zero-order chi connectivity index (χ0) is 18.7. The number of likely N-dealkylation sites (N-methyl/N-ethyl adjacent to an activating group) is 1. The molecule has 3 rings (SSSR count). The Morgan fingerprint density at radius 2 is 1.85 bits per heavy atom. The van der Waals surface area contributed by atoms with Crippen LogP contribution in [-0.2, 0) is 6.42 Å². The minimum Gasteiger partial charge on any atom is -0.308 e. The van der Waals surface area contributed by atoms with Gasteiger partial charge in [-0.05, 0) is 56.8 Å². The van der Waals surface area contributed by atoms with Crippen LogP contribution in [0.4, 0.5) is 5.13 Å². The molecule has 0 aliphatic heterocycles. The molecule has 27 heavy (non-hydrogen) atoms. The van der Waals surface area contributed by atoms with Crippen LogP contribution in [0.3, 0.4) is 0 Å². The van der Waals surface area contributed by atoms with E-state index >= 15 is 0 Å². The van der Waals surface area contributed by atoms with Crippen molar-refractivity contribution in [3.05, 3.63) is 59.2 Å². The fourth-order valence-corrected chi connectivity index (χ4v) is 3.89. The van der Waals surface area contributed by atoms with Crippen LogP contribution in [-0.4, -0.2) is 43.0 Å². The molecule has 0 aliphatic carbocycles. The van der Waals surface area contributed by atoms with Crippen LogP contribution in [0.25, 0.3) is 10.2 Å². The predicted molar refractivity (Wildman–Crippen MR) is 118 cm³/mol. The number of anilines is 1. The van der Waals surface area contributed by atoms with Crippen LogP contribution in [0.2, 0.25) is 0 Å². The quantitative estimate of drug-likeness (QED) is 0.593. The van der Waals surface area contributed by atoms with Crippen molar-refractivity contribution in [2.75, 3.05) is 32.1 Å². The number of halogens is 1. The van der Waals surface area contributed by atoms with Crippen molar-refractivity contribution in [3.8, 4) is 0 Å². The van der Waals surface area contributed by atoms with Gasteiger partial charge in [0.05, 0.1) is 10.2 Å². The van der Waals surface area contributed by atoms with Crippen LogP contribution in [0.5, 0.6) is 0 Å². The van der Waals surface area contributed by atoms with Crippen molar-refractivity contribution in [3.63, 3.8) is 0 Å². The average Bonchev–Trinajstić information content (AvgIpc) is 3.04. The fraction of sp³-hybridized carbons (Fsp3) is 0.333. The van der Waals surface area contributed by atoms with Crippen LogP contribution < -0.4 is 4.90 Å². The van der Waals surface area contributed by atoms with Crippen molar-refractivity contribution < 1.29 is 4.79 Å². The monoisotopic (exact) mass is 403 g/mol. The molecule has 0 atom stereocenters. The molecule has 1 amide bonds. The molecule has 0 spiro atoms. The summed E-state index contributed by atoms with van der Waals surface area (Å²) in [5.74, 6) is 0.0136. The largest absolute Gasteiger partial charge is 0.308 e. The number of nitrogens with zero attached hydrogens (tertiary/aromatic N) is 3. The molecule has 2 aromatic carbocycles. The van der Waals surface area contributed by atoms with Gasteiger partial charge < -0.3 is 4.90 Å². The number of hydrogen-bond acceptors (Lipinski definition) is 4. The van der Waals surface area contributed by atoms with Gasteiger partial charge in [0.2, 0.25) is 0 Å². The van der Waals surface area contributed by atoms with Gasteiger partial charge in [-0.1, -0.05) is 42.5 Å². The number of aromatic nitrogens is 1. The second-order valence-corrected chi connectivity index (χ2v) is 7.74. The Bertz CT molecular complexity index is 923. The summed E-state index contributed by atoms with van der Waals surface area (Å²) in [7, 11) is 4.03. The highest BCUT2D eigenvalue weighted by Gasteiger charge is 2.22. The lowest BCUT2D eigenvalue weighted by molar-refractivity contribution is 0.0984. The Hall–Kier alpha value is -1.95. The summed E-state index contributed by atoms with van der Waals surface area (Å²) in [4.78, 5) is 21.9. The Labute approximate surface area is 171 Å². The summed E-state index contributed by atoms with van der Waals surface area (Å²) in [5, 5.41) is 0.767. The second kappa shape index (κ2) is 9.31. The number of hydrogen-bond donors (Lipinski definition) is 0. The van der Waals surface area contributed by atoms with Crippen molar-refractivity contribution in [2.24, 2.45) is 0 Å².